The third kappa shape index (κ3) is 2.54. The lowest BCUT2D eigenvalue weighted by atomic mass is 9.95. The molecule has 1 fully saturated rings. The molecule has 0 saturated heterocycles. The summed E-state index contributed by atoms with van der Waals surface area (Å²) in [7, 11) is 0. The van der Waals surface area contributed by atoms with Crippen LogP contribution < -0.4 is 5.32 Å². The van der Waals surface area contributed by atoms with E-state index in [1.165, 1.54) is 30.8 Å². The number of aromatic nitrogens is 2. The number of hydrogen-bond acceptors (Lipinski definition) is 4. The van der Waals surface area contributed by atoms with Crippen LogP contribution in [0, 0.1) is 13.8 Å². The Bertz CT molecular complexity index is 644. The lowest BCUT2D eigenvalue weighted by molar-refractivity contribution is 0.0925. The summed E-state index contributed by atoms with van der Waals surface area (Å²) in [6, 6.07) is 2.34. The fraction of sp³-hybridized carbons (Fsp3) is 0.533. The fourth-order valence-electron chi connectivity index (χ4n) is 2.88. The summed E-state index contributed by atoms with van der Waals surface area (Å²) in [4.78, 5) is 16.9. The predicted octanol–water partition coefficient (Wildman–Crippen LogP) is 3.37. The Morgan fingerprint density at radius 2 is 2.05 bits per heavy atom. The second-order valence-corrected chi connectivity index (χ2v) is 6.37. The van der Waals surface area contributed by atoms with Crippen LogP contribution in [0.3, 0.4) is 0 Å². The zero-order chi connectivity index (χ0) is 14.1. The quantitative estimate of drug-likeness (QED) is 0.922. The minimum absolute atomic E-state index is 0.0688. The lowest BCUT2D eigenvalue weighted by Gasteiger charge is -2.22. The molecule has 20 heavy (non-hydrogen) atoms. The van der Waals surface area contributed by atoms with Gasteiger partial charge >= 0.3 is 0 Å². The van der Waals surface area contributed by atoms with Gasteiger partial charge in [0.15, 0.2) is 5.69 Å². The van der Waals surface area contributed by atoms with Crippen molar-refractivity contribution in [1.82, 2.24) is 14.7 Å². The second kappa shape index (κ2) is 5.48. The zero-order valence-electron chi connectivity index (χ0n) is 11.9. The molecule has 0 aliphatic heterocycles. The number of fused-ring (bicyclic) bond motifs is 1. The molecule has 5 heteroatoms. The lowest BCUT2D eigenvalue weighted by Crippen LogP contribution is -2.36. The van der Waals surface area contributed by atoms with E-state index in [9.17, 15) is 4.79 Å². The highest BCUT2D eigenvalue weighted by Crippen LogP contribution is 2.25. The first-order valence-corrected chi connectivity index (χ1v) is 7.97. The van der Waals surface area contributed by atoms with E-state index in [4.69, 9.17) is 0 Å². The summed E-state index contributed by atoms with van der Waals surface area (Å²) in [6.07, 6.45) is 5.86. The van der Waals surface area contributed by atoms with Crippen LogP contribution in [0.2, 0.25) is 0 Å². The molecule has 3 rings (SSSR count). The number of nitrogens with zero attached hydrogens (tertiary/aromatic N) is 2. The van der Waals surface area contributed by atoms with Crippen LogP contribution >= 0.6 is 11.5 Å². The van der Waals surface area contributed by atoms with E-state index in [1.54, 1.807) is 0 Å². The number of nitrogens with one attached hydrogen (secondary N) is 1. The molecule has 0 bridgehead atoms. The van der Waals surface area contributed by atoms with Gasteiger partial charge in [-0.2, -0.15) is 4.37 Å². The Morgan fingerprint density at radius 1 is 1.30 bits per heavy atom. The van der Waals surface area contributed by atoms with Crippen LogP contribution in [0.4, 0.5) is 0 Å². The molecule has 1 aliphatic carbocycles. The maximum absolute atomic E-state index is 12.4. The van der Waals surface area contributed by atoms with Crippen molar-refractivity contribution in [1.29, 1.82) is 0 Å². The number of pyridine rings is 1. The van der Waals surface area contributed by atoms with E-state index in [-0.39, 0.29) is 5.91 Å². The molecule has 2 aromatic heterocycles. The molecule has 0 unspecified atom stereocenters. The largest absolute Gasteiger partial charge is 0.348 e. The normalized spacial score (nSPS) is 16.5. The monoisotopic (exact) mass is 289 g/mol. The molecule has 2 heterocycles. The number of carbonyl (C=O) groups excluding carboxylic acids is 1. The van der Waals surface area contributed by atoms with Crippen molar-refractivity contribution in [2.75, 3.05) is 0 Å². The Balaban J connectivity index is 1.87. The molecular weight excluding hydrogens is 270 g/mol. The summed E-state index contributed by atoms with van der Waals surface area (Å²) in [6.45, 7) is 3.99. The summed E-state index contributed by atoms with van der Waals surface area (Å²) >= 11 is 1.37. The Labute approximate surface area is 122 Å². The topological polar surface area (TPSA) is 54.9 Å². The van der Waals surface area contributed by atoms with Gasteiger partial charge in [-0.1, -0.05) is 19.3 Å². The molecule has 106 valence electrons. The van der Waals surface area contributed by atoms with Crippen LogP contribution in [0.25, 0.3) is 10.2 Å². The van der Waals surface area contributed by atoms with Gasteiger partial charge in [0.25, 0.3) is 5.91 Å². The minimum atomic E-state index is -0.0688. The molecule has 0 aromatic carbocycles. The van der Waals surface area contributed by atoms with Crippen molar-refractivity contribution >= 4 is 27.7 Å². The maximum atomic E-state index is 12.4. The summed E-state index contributed by atoms with van der Waals surface area (Å²) in [5.41, 5.74) is 3.31. The number of hydrogen-bond donors (Lipinski definition) is 1. The van der Waals surface area contributed by atoms with Gasteiger partial charge < -0.3 is 5.32 Å². The van der Waals surface area contributed by atoms with E-state index in [0.717, 1.165) is 34.3 Å². The van der Waals surface area contributed by atoms with Crippen LogP contribution in [0.1, 0.15) is 53.8 Å². The highest BCUT2D eigenvalue weighted by Gasteiger charge is 2.21. The van der Waals surface area contributed by atoms with Crippen molar-refractivity contribution in [3.8, 4) is 0 Å². The third-order valence-corrected chi connectivity index (χ3v) is 4.87. The third-order valence-electron chi connectivity index (χ3n) is 3.89. The molecule has 0 spiro atoms. The molecule has 1 aliphatic rings. The second-order valence-electron chi connectivity index (χ2n) is 5.60. The summed E-state index contributed by atoms with van der Waals surface area (Å²) in [5.74, 6) is -0.0688. The first-order valence-electron chi connectivity index (χ1n) is 7.19. The zero-order valence-corrected chi connectivity index (χ0v) is 12.7. The van der Waals surface area contributed by atoms with E-state index in [1.807, 2.05) is 19.9 Å². The smallest absolute Gasteiger partial charge is 0.273 e. The highest BCUT2D eigenvalue weighted by atomic mass is 32.1. The van der Waals surface area contributed by atoms with Gasteiger partial charge in [0.2, 0.25) is 0 Å². The van der Waals surface area contributed by atoms with Crippen molar-refractivity contribution in [3.05, 3.63) is 23.0 Å². The van der Waals surface area contributed by atoms with Crippen molar-refractivity contribution in [3.63, 3.8) is 0 Å². The first kappa shape index (κ1) is 13.5. The Kier molecular flexibility index (Phi) is 3.70. The molecular formula is C15H19N3OS. The van der Waals surface area contributed by atoms with Gasteiger partial charge in [-0.25, -0.2) is 4.98 Å². The fourth-order valence-corrected chi connectivity index (χ4v) is 3.67. The average molecular weight is 289 g/mol. The molecule has 4 nitrogen and oxygen atoms in total. The molecule has 0 radical (unpaired) electrons. The van der Waals surface area contributed by atoms with E-state index < -0.39 is 0 Å². The Hall–Kier alpha value is -1.49. The van der Waals surface area contributed by atoms with E-state index in [2.05, 4.69) is 14.7 Å². The number of carbonyl (C=O) groups is 1. The highest BCUT2D eigenvalue weighted by molar-refractivity contribution is 7.13. The van der Waals surface area contributed by atoms with Gasteiger partial charge in [-0.3, -0.25) is 4.79 Å². The van der Waals surface area contributed by atoms with Crippen LogP contribution in [0.5, 0.6) is 0 Å². The summed E-state index contributed by atoms with van der Waals surface area (Å²) in [5, 5.41) is 3.12. The molecule has 0 atom stereocenters. The van der Waals surface area contributed by atoms with Crippen LogP contribution in [-0.2, 0) is 0 Å². The van der Waals surface area contributed by atoms with E-state index >= 15 is 0 Å². The van der Waals surface area contributed by atoms with Crippen molar-refractivity contribution < 1.29 is 4.79 Å². The average Bonchev–Trinajstić information content (AvgIpc) is 2.84. The van der Waals surface area contributed by atoms with Crippen molar-refractivity contribution in [2.24, 2.45) is 0 Å². The van der Waals surface area contributed by atoms with E-state index in [0.29, 0.717) is 11.7 Å². The van der Waals surface area contributed by atoms with Crippen LogP contribution in [-0.4, -0.2) is 21.3 Å². The Morgan fingerprint density at radius 3 is 2.80 bits per heavy atom. The maximum Gasteiger partial charge on any atom is 0.273 e. The number of aryl methyl sites for hydroxylation is 2. The molecule has 1 amide bonds. The summed E-state index contributed by atoms with van der Waals surface area (Å²) < 4.78 is 5.35. The van der Waals surface area contributed by atoms with Gasteiger partial charge in [0.1, 0.15) is 5.52 Å². The molecule has 2 aromatic rings. The van der Waals surface area contributed by atoms with Crippen LogP contribution in [0.15, 0.2) is 6.07 Å². The van der Waals surface area contributed by atoms with Gasteiger partial charge in [0.05, 0.1) is 4.70 Å². The molecule has 1 N–H and O–H groups in total. The van der Waals surface area contributed by atoms with Gasteiger partial charge in [0, 0.05) is 11.7 Å². The predicted molar refractivity (Wildman–Crippen MR) is 81.2 cm³/mol. The van der Waals surface area contributed by atoms with Gasteiger partial charge in [-0.05, 0) is 49.9 Å². The number of rotatable bonds is 2. The minimum Gasteiger partial charge on any atom is -0.348 e. The SMILES string of the molecule is Cc1cc(C)c2snc(C(=O)NC3CCCCC3)c2n1. The standard InChI is InChI=1S/C15H19N3OS/c1-9-8-10(2)16-12-13(18-20-14(9)12)15(19)17-11-6-4-3-5-7-11/h8,11H,3-7H2,1-2H3,(H,17,19). The number of amides is 1. The molecule has 1 saturated carbocycles. The van der Waals surface area contributed by atoms with Gasteiger partial charge in [-0.15, -0.1) is 0 Å². The van der Waals surface area contributed by atoms with Crippen molar-refractivity contribution in [2.45, 2.75) is 52.0 Å². The first-order chi connectivity index (χ1) is 9.65.